The van der Waals surface area contributed by atoms with E-state index in [2.05, 4.69) is 4.98 Å². The van der Waals surface area contributed by atoms with Gasteiger partial charge in [0.1, 0.15) is 0 Å². The molecule has 3 aromatic rings. The third-order valence-corrected chi connectivity index (χ3v) is 4.38. The number of aryl methyl sites for hydroxylation is 1. The van der Waals surface area contributed by atoms with Crippen LogP contribution in [0, 0.1) is 6.92 Å². The molecule has 1 aromatic carbocycles. The summed E-state index contributed by atoms with van der Waals surface area (Å²) in [5.74, 6) is -1.29. The van der Waals surface area contributed by atoms with Crippen molar-refractivity contribution in [1.82, 2.24) is 4.98 Å². The van der Waals surface area contributed by atoms with Crippen LogP contribution in [-0.2, 0) is 6.18 Å². The van der Waals surface area contributed by atoms with Crippen molar-refractivity contribution in [2.75, 3.05) is 0 Å². The summed E-state index contributed by atoms with van der Waals surface area (Å²) < 4.78 is 38.5. The molecule has 0 unspecified atom stereocenters. The quantitative estimate of drug-likeness (QED) is 0.717. The number of aromatic nitrogens is 1. The Kier molecular flexibility index (Phi) is 3.60. The highest BCUT2D eigenvalue weighted by Crippen LogP contribution is 2.34. The van der Waals surface area contributed by atoms with E-state index in [1.807, 2.05) is 19.1 Å². The zero-order valence-corrected chi connectivity index (χ0v) is 12.6. The lowest BCUT2D eigenvalue weighted by Gasteiger charge is -2.10. The average molecular weight is 337 g/mol. The van der Waals surface area contributed by atoms with Gasteiger partial charge in [0.05, 0.1) is 27.2 Å². The number of carboxylic acid groups (broad SMARTS) is 1. The largest absolute Gasteiger partial charge is 0.478 e. The van der Waals surface area contributed by atoms with Gasteiger partial charge in [0.2, 0.25) is 0 Å². The first-order valence-corrected chi connectivity index (χ1v) is 7.39. The Bertz CT molecular complexity index is 915. The molecule has 0 radical (unpaired) electrons. The zero-order valence-electron chi connectivity index (χ0n) is 11.8. The van der Waals surface area contributed by atoms with Crippen LogP contribution in [0.15, 0.2) is 36.4 Å². The maximum atomic E-state index is 12.8. The number of nitrogens with zero attached hydrogens (tertiary/aromatic N) is 1. The number of carboxylic acids is 1. The van der Waals surface area contributed by atoms with Crippen molar-refractivity contribution >= 4 is 28.2 Å². The number of pyridine rings is 1. The normalized spacial score (nSPS) is 11.8. The van der Waals surface area contributed by atoms with Gasteiger partial charge >= 0.3 is 12.1 Å². The highest BCUT2D eigenvalue weighted by atomic mass is 32.1. The summed E-state index contributed by atoms with van der Waals surface area (Å²) >= 11 is 1.44. The molecule has 2 heterocycles. The van der Waals surface area contributed by atoms with Crippen LogP contribution in [0.2, 0.25) is 0 Å². The molecule has 1 N–H and O–H groups in total. The van der Waals surface area contributed by atoms with Crippen LogP contribution in [-0.4, -0.2) is 16.1 Å². The van der Waals surface area contributed by atoms with Crippen LogP contribution in [0.5, 0.6) is 0 Å². The molecular formula is C16H10F3NO2S. The first-order valence-electron chi connectivity index (χ1n) is 6.58. The summed E-state index contributed by atoms with van der Waals surface area (Å²) in [4.78, 5) is 17.6. The SMILES string of the molecule is Cc1ccc(-c2cc(C(=O)O)c3cc(C(F)(F)F)ccc3n2)s1. The van der Waals surface area contributed by atoms with Gasteiger partial charge in [-0.15, -0.1) is 11.3 Å². The Morgan fingerprint density at radius 1 is 1.17 bits per heavy atom. The van der Waals surface area contributed by atoms with E-state index < -0.39 is 17.7 Å². The third-order valence-electron chi connectivity index (χ3n) is 3.36. The average Bonchev–Trinajstić information content (AvgIpc) is 2.91. The molecule has 0 atom stereocenters. The van der Waals surface area contributed by atoms with E-state index in [0.29, 0.717) is 5.69 Å². The maximum Gasteiger partial charge on any atom is 0.416 e. The Morgan fingerprint density at radius 3 is 2.48 bits per heavy atom. The predicted octanol–water partition coefficient (Wildman–Crippen LogP) is 4.99. The number of fused-ring (bicyclic) bond motifs is 1. The minimum absolute atomic E-state index is 0.0237. The number of hydrogen-bond donors (Lipinski definition) is 1. The van der Waals surface area contributed by atoms with Gasteiger partial charge in [-0.3, -0.25) is 0 Å². The van der Waals surface area contributed by atoms with Gasteiger partial charge in [-0.05, 0) is 43.3 Å². The lowest BCUT2D eigenvalue weighted by Crippen LogP contribution is -2.06. The molecule has 2 aromatic heterocycles. The van der Waals surface area contributed by atoms with Crippen LogP contribution in [0.3, 0.4) is 0 Å². The molecular weight excluding hydrogens is 327 g/mol. The fourth-order valence-corrected chi connectivity index (χ4v) is 3.11. The van der Waals surface area contributed by atoms with Gasteiger partial charge in [0.15, 0.2) is 0 Å². The van der Waals surface area contributed by atoms with E-state index in [4.69, 9.17) is 0 Å². The topological polar surface area (TPSA) is 50.2 Å². The molecule has 0 saturated heterocycles. The fraction of sp³-hybridized carbons (Fsp3) is 0.125. The van der Waals surface area contributed by atoms with Crippen molar-refractivity contribution in [3.8, 4) is 10.6 Å². The van der Waals surface area contributed by atoms with Gasteiger partial charge in [-0.1, -0.05) is 0 Å². The van der Waals surface area contributed by atoms with Gasteiger partial charge in [-0.25, -0.2) is 9.78 Å². The van der Waals surface area contributed by atoms with E-state index in [9.17, 15) is 23.1 Å². The first-order chi connectivity index (χ1) is 10.8. The molecule has 3 rings (SSSR count). The van der Waals surface area contributed by atoms with E-state index in [0.717, 1.165) is 21.9 Å². The van der Waals surface area contributed by atoms with Crippen molar-refractivity contribution in [2.45, 2.75) is 13.1 Å². The minimum Gasteiger partial charge on any atom is -0.478 e. The molecule has 0 bridgehead atoms. The zero-order chi connectivity index (χ0) is 16.8. The highest BCUT2D eigenvalue weighted by molar-refractivity contribution is 7.15. The standard InChI is InChI=1S/C16H10F3NO2S/c1-8-2-5-14(23-8)13-7-11(15(21)22)10-6-9(16(17,18)19)3-4-12(10)20-13/h2-7H,1H3,(H,21,22). The van der Waals surface area contributed by atoms with Crippen molar-refractivity contribution in [3.63, 3.8) is 0 Å². The van der Waals surface area contributed by atoms with Gasteiger partial charge in [0.25, 0.3) is 0 Å². The molecule has 0 saturated carbocycles. The summed E-state index contributed by atoms with van der Waals surface area (Å²) in [6.45, 7) is 1.91. The van der Waals surface area contributed by atoms with E-state index in [1.165, 1.54) is 23.5 Å². The molecule has 0 aliphatic heterocycles. The second-order valence-corrected chi connectivity index (χ2v) is 6.29. The third kappa shape index (κ3) is 2.92. The van der Waals surface area contributed by atoms with Crippen LogP contribution < -0.4 is 0 Å². The smallest absolute Gasteiger partial charge is 0.416 e. The second-order valence-electron chi connectivity index (χ2n) is 5.00. The van der Waals surface area contributed by atoms with Gasteiger partial charge in [-0.2, -0.15) is 13.2 Å². The molecule has 118 valence electrons. The summed E-state index contributed by atoms with van der Waals surface area (Å²) in [6, 6.07) is 7.94. The predicted molar refractivity (Wildman–Crippen MR) is 81.8 cm³/mol. The van der Waals surface area contributed by atoms with Crippen LogP contribution in [0.1, 0.15) is 20.8 Å². The number of alkyl halides is 3. The molecule has 0 aliphatic rings. The molecule has 0 fully saturated rings. The minimum atomic E-state index is -4.53. The number of carbonyl (C=O) groups is 1. The number of aromatic carboxylic acids is 1. The highest BCUT2D eigenvalue weighted by Gasteiger charge is 2.31. The molecule has 3 nitrogen and oxygen atoms in total. The molecule has 7 heteroatoms. The molecule has 23 heavy (non-hydrogen) atoms. The van der Waals surface area contributed by atoms with Crippen LogP contribution in [0.25, 0.3) is 21.5 Å². The molecule has 0 aliphatic carbocycles. The monoisotopic (exact) mass is 337 g/mol. The first kappa shape index (κ1) is 15.5. The van der Waals surface area contributed by atoms with Gasteiger partial charge < -0.3 is 5.11 Å². The Morgan fingerprint density at radius 2 is 1.91 bits per heavy atom. The van der Waals surface area contributed by atoms with Crippen LogP contribution >= 0.6 is 11.3 Å². The lowest BCUT2D eigenvalue weighted by atomic mass is 10.0. The van der Waals surface area contributed by atoms with Crippen molar-refractivity contribution in [3.05, 3.63) is 52.4 Å². The Labute approximate surface area is 133 Å². The number of rotatable bonds is 2. The maximum absolute atomic E-state index is 12.8. The molecule has 0 amide bonds. The number of halogens is 3. The Hall–Kier alpha value is -2.41. The number of thiophene rings is 1. The van der Waals surface area contributed by atoms with E-state index in [1.54, 1.807) is 0 Å². The Balaban J connectivity index is 2.27. The van der Waals surface area contributed by atoms with E-state index >= 15 is 0 Å². The fourth-order valence-electron chi connectivity index (χ4n) is 2.28. The van der Waals surface area contributed by atoms with Crippen LogP contribution in [0.4, 0.5) is 13.2 Å². The summed E-state index contributed by atoms with van der Waals surface area (Å²) in [5.41, 5.74) is -0.428. The lowest BCUT2D eigenvalue weighted by molar-refractivity contribution is -0.137. The van der Waals surface area contributed by atoms with Crippen molar-refractivity contribution in [2.24, 2.45) is 0 Å². The number of hydrogen-bond acceptors (Lipinski definition) is 3. The molecule has 0 spiro atoms. The van der Waals surface area contributed by atoms with Crippen molar-refractivity contribution < 1.29 is 23.1 Å². The summed E-state index contributed by atoms with van der Waals surface area (Å²) in [5, 5.41) is 9.32. The second kappa shape index (κ2) is 5.34. The summed E-state index contributed by atoms with van der Waals surface area (Å²) in [7, 11) is 0. The van der Waals surface area contributed by atoms with Gasteiger partial charge in [0, 0.05) is 10.3 Å². The van der Waals surface area contributed by atoms with Crippen molar-refractivity contribution in [1.29, 1.82) is 0 Å². The van der Waals surface area contributed by atoms with E-state index in [-0.39, 0.29) is 16.5 Å². The summed E-state index contributed by atoms with van der Waals surface area (Å²) in [6.07, 6.45) is -4.53. The number of benzene rings is 1.